The summed E-state index contributed by atoms with van der Waals surface area (Å²) in [6.07, 6.45) is 15.4. The Bertz CT molecular complexity index is 438. The summed E-state index contributed by atoms with van der Waals surface area (Å²) >= 11 is 0. The average molecular weight is 354 g/mol. The van der Waals surface area contributed by atoms with Gasteiger partial charge in [0, 0.05) is 0 Å². The van der Waals surface area contributed by atoms with E-state index >= 15 is 0 Å². The van der Waals surface area contributed by atoms with Crippen molar-refractivity contribution in [2.24, 2.45) is 11.8 Å². The van der Waals surface area contributed by atoms with E-state index in [1.54, 1.807) is 0 Å². The summed E-state index contributed by atoms with van der Waals surface area (Å²) in [4.78, 5) is 10.4. The van der Waals surface area contributed by atoms with E-state index in [0.717, 1.165) is 32.1 Å². The summed E-state index contributed by atoms with van der Waals surface area (Å²) in [6, 6.07) is 0. The van der Waals surface area contributed by atoms with E-state index in [0.29, 0.717) is 11.8 Å². The van der Waals surface area contributed by atoms with Gasteiger partial charge in [0.25, 0.3) is 0 Å². The molecule has 0 aromatic rings. The van der Waals surface area contributed by atoms with Gasteiger partial charge in [0.2, 0.25) is 0 Å². The molecule has 0 amide bonds. The highest BCUT2D eigenvalue weighted by Crippen LogP contribution is 2.47. The van der Waals surface area contributed by atoms with Gasteiger partial charge in [0.15, 0.2) is 0 Å². The summed E-state index contributed by atoms with van der Waals surface area (Å²) in [5, 5.41) is 0. The molecule has 1 fully saturated rings. The topological polar surface area (TPSA) is 38.7 Å². The predicted molar refractivity (Wildman–Crippen MR) is 102 cm³/mol. The van der Waals surface area contributed by atoms with Crippen LogP contribution in [0.1, 0.15) is 79.1 Å². The van der Waals surface area contributed by atoms with Gasteiger partial charge in [0.05, 0.1) is 11.7 Å². The third-order valence-corrected chi connectivity index (χ3v) is 5.76. The molecule has 0 aromatic carbocycles. The minimum Gasteiger partial charge on any atom is -0.328 e. The Labute approximate surface area is 149 Å². The van der Waals surface area contributed by atoms with Gasteiger partial charge in [-0.3, -0.25) is 0 Å². The second-order valence-electron chi connectivity index (χ2n) is 8.27. The third-order valence-electron chi connectivity index (χ3n) is 4.76. The number of hydrogen-bond donors (Lipinski definition) is 1. The summed E-state index contributed by atoms with van der Waals surface area (Å²) in [5.74, 6) is 1.16. The lowest BCUT2D eigenvalue weighted by Gasteiger charge is -2.36. The van der Waals surface area contributed by atoms with Crippen molar-refractivity contribution in [1.29, 1.82) is 0 Å². The molecule has 0 radical (unpaired) electrons. The maximum atomic E-state index is 10.4. The fourth-order valence-corrected chi connectivity index (χ4v) is 4.77. The zero-order valence-corrected chi connectivity index (χ0v) is 16.7. The first-order valence-electron chi connectivity index (χ1n) is 9.62. The maximum Gasteiger partial charge on any atom is 0.331 e. The van der Waals surface area contributed by atoms with Crippen molar-refractivity contribution in [3.63, 3.8) is 0 Å². The quantitative estimate of drug-likeness (QED) is 0.521. The molecule has 3 nitrogen and oxygen atoms in total. The van der Waals surface area contributed by atoms with Gasteiger partial charge in [-0.25, -0.2) is 0 Å². The van der Waals surface area contributed by atoms with Gasteiger partial charge in [0.1, 0.15) is 0 Å². The molecular weight excluding hydrogens is 319 g/mol. The van der Waals surface area contributed by atoms with Gasteiger partial charge >= 0.3 is 8.60 Å². The van der Waals surface area contributed by atoms with E-state index in [1.807, 2.05) is 0 Å². The van der Waals surface area contributed by atoms with Crippen LogP contribution in [-0.2, 0) is 9.05 Å². The highest BCUT2D eigenvalue weighted by molar-refractivity contribution is 7.40. The standard InChI is InChI=1S/C20H35O3P/c1-16(2)14-18-10-12-20(13-11-18,15-17(3)4)23-24(21)22-19-8-6-5-7-9-19/h10-12,16-17,19,21H,5-9,13-15H2,1-4H3. The van der Waals surface area contributed by atoms with Crippen molar-refractivity contribution in [2.75, 3.05) is 0 Å². The van der Waals surface area contributed by atoms with Gasteiger partial charge in [-0.15, -0.1) is 0 Å². The minimum atomic E-state index is -1.82. The van der Waals surface area contributed by atoms with Crippen LogP contribution >= 0.6 is 8.60 Å². The molecule has 138 valence electrons. The highest BCUT2D eigenvalue weighted by Gasteiger charge is 2.35. The van der Waals surface area contributed by atoms with Crippen LogP contribution < -0.4 is 0 Å². The molecule has 0 heterocycles. The van der Waals surface area contributed by atoms with E-state index in [1.165, 1.54) is 24.8 Å². The fraction of sp³-hybridized carbons (Fsp3) is 0.800. The van der Waals surface area contributed by atoms with Crippen LogP contribution in [0.5, 0.6) is 0 Å². The number of hydrogen-bond acceptors (Lipinski definition) is 3. The lowest BCUT2D eigenvalue weighted by atomic mass is 9.84. The van der Waals surface area contributed by atoms with Crippen LogP contribution in [0.15, 0.2) is 23.8 Å². The van der Waals surface area contributed by atoms with Crippen molar-refractivity contribution in [1.82, 2.24) is 0 Å². The molecule has 1 saturated carbocycles. The summed E-state index contributed by atoms with van der Waals surface area (Å²) in [7, 11) is -1.82. The lowest BCUT2D eigenvalue weighted by molar-refractivity contribution is 0.0451. The molecule has 0 saturated heterocycles. The Morgan fingerprint density at radius 2 is 1.88 bits per heavy atom. The summed E-state index contributed by atoms with van der Waals surface area (Å²) < 4.78 is 11.9. The Kier molecular flexibility index (Phi) is 7.94. The van der Waals surface area contributed by atoms with Crippen LogP contribution in [0.2, 0.25) is 0 Å². The van der Waals surface area contributed by atoms with Crippen molar-refractivity contribution in [3.05, 3.63) is 23.8 Å². The van der Waals surface area contributed by atoms with Crippen LogP contribution in [0, 0.1) is 11.8 Å². The zero-order chi connectivity index (χ0) is 17.6. The molecule has 2 rings (SSSR count). The van der Waals surface area contributed by atoms with Gasteiger partial charge < -0.3 is 13.9 Å². The van der Waals surface area contributed by atoms with E-state index in [9.17, 15) is 4.89 Å². The Morgan fingerprint density at radius 1 is 1.17 bits per heavy atom. The molecule has 2 unspecified atom stereocenters. The van der Waals surface area contributed by atoms with Gasteiger partial charge in [-0.05, 0) is 43.9 Å². The van der Waals surface area contributed by atoms with E-state index < -0.39 is 14.2 Å². The molecule has 1 N–H and O–H groups in total. The Morgan fingerprint density at radius 3 is 2.42 bits per heavy atom. The van der Waals surface area contributed by atoms with Crippen molar-refractivity contribution >= 4 is 8.60 Å². The SMILES string of the molecule is CC(C)CC1=CCC(CC(C)C)(OP(O)OC2CCCCC2)C=C1. The molecule has 0 aliphatic heterocycles. The normalized spacial score (nSPS) is 26.9. The number of allylic oxidation sites excluding steroid dienone is 2. The predicted octanol–water partition coefficient (Wildman–Crippen LogP) is 6.29. The van der Waals surface area contributed by atoms with Crippen LogP contribution in [-0.4, -0.2) is 16.6 Å². The largest absolute Gasteiger partial charge is 0.331 e. The van der Waals surface area contributed by atoms with Crippen molar-refractivity contribution in [2.45, 2.75) is 90.8 Å². The molecule has 0 bridgehead atoms. The first-order chi connectivity index (χ1) is 11.4. The van der Waals surface area contributed by atoms with Crippen molar-refractivity contribution in [3.8, 4) is 0 Å². The molecule has 2 aliphatic rings. The molecule has 24 heavy (non-hydrogen) atoms. The highest BCUT2D eigenvalue weighted by atomic mass is 31.2. The van der Waals surface area contributed by atoms with E-state index in [2.05, 4.69) is 45.9 Å². The molecule has 0 aromatic heterocycles. The Hall–Kier alpha value is -0.210. The smallest absolute Gasteiger partial charge is 0.328 e. The average Bonchev–Trinajstić information content (AvgIpc) is 2.49. The van der Waals surface area contributed by atoms with Crippen molar-refractivity contribution < 1.29 is 13.9 Å². The summed E-state index contributed by atoms with van der Waals surface area (Å²) in [5.41, 5.74) is 0.965. The monoisotopic (exact) mass is 354 g/mol. The molecule has 0 spiro atoms. The maximum absolute atomic E-state index is 10.4. The molecule has 2 aliphatic carbocycles. The molecular formula is C20H35O3P. The minimum absolute atomic E-state index is 0.172. The second-order valence-corrected chi connectivity index (χ2v) is 9.14. The van der Waals surface area contributed by atoms with Crippen LogP contribution in [0.4, 0.5) is 0 Å². The van der Waals surface area contributed by atoms with Crippen LogP contribution in [0.25, 0.3) is 0 Å². The van der Waals surface area contributed by atoms with Crippen LogP contribution in [0.3, 0.4) is 0 Å². The van der Waals surface area contributed by atoms with Gasteiger partial charge in [-0.1, -0.05) is 70.8 Å². The third kappa shape index (κ3) is 6.59. The van der Waals surface area contributed by atoms with Gasteiger partial charge in [-0.2, -0.15) is 0 Å². The second kappa shape index (κ2) is 9.48. The first kappa shape index (κ1) is 20.1. The first-order valence-corrected chi connectivity index (χ1v) is 10.7. The van der Waals surface area contributed by atoms with E-state index in [4.69, 9.17) is 9.05 Å². The number of rotatable bonds is 8. The molecule has 2 atom stereocenters. The van der Waals surface area contributed by atoms with E-state index in [-0.39, 0.29) is 6.10 Å². The lowest BCUT2D eigenvalue weighted by Crippen LogP contribution is -2.32. The Balaban J connectivity index is 1.95. The molecule has 4 heteroatoms. The summed E-state index contributed by atoms with van der Waals surface area (Å²) in [6.45, 7) is 8.89. The zero-order valence-electron chi connectivity index (χ0n) is 15.8. The fourth-order valence-electron chi connectivity index (χ4n) is 3.74.